The van der Waals surface area contributed by atoms with Crippen molar-refractivity contribution in [3.8, 4) is 6.07 Å². The molecule has 2 aromatic rings. The fourth-order valence-electron chi connectivity index (χ4n) is 1.80. The summed E-state index contributed by atoms with van der Waals surface area (Å²) < 4.78 is 2.71. The van der Waals surface area contributed by atoms with Crippen LogP contribution in [0, 0.1) is 11.3 Å². The zero-order valence-electron chi connectivity index (χ0n) is 11.1. The number of nitriles is 1. The van der Waals surface area contributed by atoms with E-state index in [1.54, 1.807) is 0 Å². The van der Waals surface area contributed by atoms with Crippen molar-refractivity contribution in [2.75, 3.05) is 14.1 Å². The molecule has 0 aliphatic rings. The van der Waals surface area contributed by atoms with Crippen molar-refractivity contribution in [3.05, 3.63) is 59.7 Å². The molecule has 0 saturated carbocycles. The van der Waals surface area contributed by atoms with Gasteiger partial charge < -0.3 is 0 Å². The van der Waals surface area contributed by atoms with Gasteiger partial charge in [0.1, 0.15) is 0 Å². The van der Waals surface area contributed by atoms with Crippen molar-refractivity contribution in [1.82, 2.24) is 4.90 Å². The molecule has 19 heavy (non-hydrogen) atoms. The Morgan fingerprint density at radius 3 is 2.37 bits per heavy atom. The van der Waals surface area contributed by atoms with E-state index in [1.165, 1.54) is 14.5 Å². The van der Waals surface area contributed by atoms with Crippen molar-refractivity contribution < 1.29 is 0 Å². The molecule has 0 radical (unpaired) electrons. The van der Waals surface area contributed by atoms with Crippen LogP contribution in [0.2, 0.25) is 0 Å². The summed E-state index contributed by atoms with van der Waals surface area (Å²) in [6, 6.07) is 18.7. The third kappa shape index (κ3) is 3.94. The summed E-state index contributed by atoms with van der Waals surface area (Å²) in [7, 11) is 4.18. The second-order valence-electron chi connectivity index (χ2n) is 4.58. The SMILES string of the molecule is CN(C)Cc1ccccc1[Se]c1ccc(C#N)cc1. The molecule has 0 heterocycles. The number of hydrogen-bond acceptors (Lipinski definition) is 2. The molecule has 0 aliphatic carbocycles. The molecule has 3 heteroatoms. The second-order valence-corrected chi connectivity index (χ2v) is 6.92. The first-order valence-electron chi connectivity index (χ1n) is 6.09. The minimum atomic E-state index is 0.292. The maximum atomic E-state index is 8.81. The van der Waals surface area contributed by atoms with Crippen LogP contribution in [0.25, 0.3) is 0 Å². The van der Waals surface area contributed by atoms with Crippen LogP contribution >= 0.6 is 0 Å². The van der Waals surface area contributed by atoms with Gasteiger partial charge in [0.15, 0.2) is 0 Å². The molecule has 0 aromatic heterocycles. The van der Waals surface area contributed by atoms with E-state index < -0.39 is 0 Å². The van der Waals surface area contributed by atoms with Crippen LogP contribution < -0.4 is 8.92 Å². The van der Waals surface area contributed by atoms with Gasteiger partial charge in [-0.05, 0) is 0 Å². The van der Waals surface area contributed by atoms with Crippen LogP contribution in [-0.2, 0) is 6.54 Å². The van der Waals surface area contributed by atoms with Gasteiger partial charge in [0.25, 0.3) is 0 Å². The molecule has 0 fully saturated rings. The fourth-order valence-corrected chi connectivity index (χ4v) is 3.76. The minimum absolute atomic E-state index is 0.292. The molecule has 0 saturated heterocycles. The third-order valence-corrected chi connectivity index (χ3v) is 5.03. The van der Waals surface area contributed by atoms with Gasteiger partial charge in [-0.3, -0.25) is 0 Å². The summed E-state index contributed by atoms with van der Waals surface area (Å²) in [6.07, 6.45) is 0. The molecule has 0 N–H and O–H groups in total. The standard InChI is InChI=1S/C16H16N2Se/c1-18(2)12-14-5-3-4-6-16(14)19-15-9-7-13(11-17)8-10-15/h3-10H,12H2,1-2H3. The Labute approximate surface area is 120 Å². The zero-order valence-corrected chi connectivity index (χ0v) is 12.8. The summed E-state index contributed by atoms with van der Waals surface area (Å²) in [6.45, 7) is 0.966. The molecule has 2 aromatic carbocycles. The Bertz CT molecular complexity index is 582. The first-order chi connectivity index (χ1) is 9.19. The van der Waals surface area contributed by atoms with Crippen molar-refractivity contribution in [2.45, 2.75) is 6.54 Å². The van der Waals surface area contributed by atoms with Crippen LogP contribution in [0.4, 0.5) is 0 Å². The molecular formula is C16H16N2Se. The normalized spacial score (nSPS) is 10.4. The van der Waals surface area contributed by atoms with Crippen molar-refractivity contribution in [3.63, 3.8) is 0 Å². The van der Waals surface area contributed by atoms with Crippen LogP contribution in [-0.4, -0.2) is 34.0 Å². The van der Waals surface area contributed by atoms with Crippen molar-refractivity contribution in [2.24, 2.45) is 0 Å². The molecule has 0 atom stereocenters. The van der Waals surface area contributed by atoms with E-state index in [4.69, 9.17) is 5.26 Å². The molecule has 0 bridgehead atoms. The fraction of sp³-hybridized carbons (Fsp3) is 0.188. The van der Waals surface area contributed by atoms with Crippen LogP contribution in [0.1, 0.15) is 11.1 Å². The van der Waals surface area contributed by atoms with Crippen molar-refractivity contribution >= 4 is 23.9 Å². The van der Waals surface area contributed by atoms with E-state index in [0.29, 0.717) is 15.0 Å². The van der Waals surface area contributed by atoms with Crippen LogP contribution in [0.3, 0.4) is 0 Å². The van der Waals surface area contributed by atoms with Gasteiger partial charge in [0.05, 0.1) is 0 Å². The number of rotatable bonds is 4. The molecule has 0 unspecified atom stereocenters. The number of nitrogens with zero attached hydrogens (tertiary/aromatic N) is 2. The predicted molar refractivity (Wildman–Crippen MR) is 80.0 cm³/mol. The summed E-state index contributed by atoms with van der Waals surface area (Å²) in [5.74, 6) is 0. The van der Waals surface area contributed by atoms with E-state index in [1.807, 2.05) is 12.1 Å². The Morgan fingerprint density at radius 2 is 1.74 bits per heavy atom. The van der Waals surface area contributed by atoms with E-state index in [2.05, 4.69) is 61.5 Å². The topological polar surface area (TPSA) is 27.0 Å². The number of hydrogen-bond donors (Lipinski definition) is 0. The average Bonchev–Trinajstić information content (AvgIpc) is 2.41. The van der Waals surface area contributed by atoms with E-state index >= 15 is 0 Å². The Hall–Kier alpha value is -1.59. The summed E-state index contributed by atoms with van der Waals surface area (Å²) in [4.78, 5) is 2.19. The van der Waals surface area contributed by atoms with Gasteiger partial charge >= 0.3 is 120 Å². The molecule has 2 nitrogen and oxygen atoms in total. The zero-order chi connectivity index (χ0) is 13.7. The maximum absolute atomic E-state index is 8.81. The van der Waals surface area contributed by atoms with E-state index in [9.17, 15) is 0 Å². The van der Waals surface area contributed by atoms with E-state index in [0.717, 1.165) is 12.1 Å². The predicted octanol–water partition coefficient (Wildman–Crippen LogP) is 1.27. The molecular weight excluding hydrogens is 299 g/mol. The average molecular weight is 315 g/mol. The quantitative estimate of drug-likeness (QED) is 0.795. The summed E-state index contributed by atoms with van der Waals surface area (Å²) >= 11 is 0.292. The second kappa shape index (κ2) is 6.54. The molecule has 0 spiro atoms. The first-order valence-corrected chi connectivity index (χ1v) is 7.81. The third-order valence-electron chi connectivity index (χ3n) is 2.67. The Morgan fingerprint density at radius 1 is 1.05 bits per heavy atom. The van der Waals surface area contributed by atoms with Gasteiger partial charge in [-0.25, -0.2) is 0 Å². The Balaban J connectivity index is 2.20. The van der Waals surface area contributed by atoms with Gasteiger partial charge in [-0.2, -0.15) is 0 Å². The molecule has 96 valence electrons. The van der Waals surface area contributed by atoms with Crippen LogP contribution in [0.15, 0.2) is 48.5 Å². The summed E-state index contributed by atoms with van der Waals surface area (Å²) in [5.41, 5.74) is 2.11. The monoisotopic (exact) mass is 316 g/mol. The van der Waals surface area contributed by atoms with E-state index in [-0.39, 0.29) is 0 Å². The van der Waals surface area contributed by atoms with Crippen molar-refractivity contribution in [1.29, 1.82) is 5.26 Å². The molecule has 2 rings (SSSR count). The van der Waals surface area contributed by atoms with Gasteiger partial charge in [-0.1, -0.05) is 0 Å². The summed E-state index contributed by atoms with van der Waals surface area (Å²) in [5, 5.41) is 8.81. The molecule has 0 aliphatic heterocycles. The van der Waals surface area contributed by atoms with Crippen LogP contribution in [0.5, 0.6) is 0 Å². The van der Waals surface area contributed by atoms with Gasteiger partial charge in [0.2, 0.25) is 0 Å². The van der Waals surface area contributed by atoms with Gasteiger partial charge in [-0.15, -0.1) is 0 Å². The first kappa shape index (κ1) is 13.8. The molecule has 0 amide bonds. The number of benzene rings is 2. The van der Waals surface area contributed by atoms with Gasteiger partial charge in [0, 0.05) is 0 Å². The Kier molecular flexibility index (Phi) is 4.76.